The van der Waals surface area contributed by atoms with Gasteiger partial charge < -0.3 is 35.0 Å². The molecule has 8 nitrogen and oxygen atoms in total. The van der Waals surface area contributed by atoms with Gasteiger partial charge in [0.2, 0.25) is 0 Å². The minimum Gasteiger partial charge on any atom is -0.508 e. The standard InChI is InChI=1S/C31H42O8/c1-2-3-4-5-6-7-8-9-10-11-12-13-14-15-29(36)38-28-20-23-24(33)18-22(32)19-27(23)39-31(28)21-16-25(34)30(37)26(35)17-21/h7-8,16-19,28,31-35,37H,2-6,9-15,20H2,1H3/b8-7-/t28-,31-/m1/s1. The number of carbonyl (C=O) groups excluding carboxylic acids is 1. The molecule has 214 valence electrons. The average molecular weight is 543 g/mol. The molecule has 0 bridgehead atoms. The fourth-order valence-electron chi connectivity index (χ4n) is 4.84. The van der Waals surface area contributed by atoms with E-state index in [1.54, 1.807) is 0 Å². The van der Waals surface area contributed by atoms with E-state index in [2.05, 4.69) is 19.1 Å². The summed E-state index contributed by atoms with van der Waals surface area (Å²) in [5.74, 6) is -2.37. The fourth-order valence-corrected chi connectivity index (χ4v) is 4.84. The maximum Gasteiger partial charge on any atom is 0.306 e. The van der Waals surface area contributed by atoms with Crippen LogP contribution in [0.2, 0.25) is 0 Å². The van der Waals surface area contributed by atoms with Gasteiger partial charge in [0.1, 0.15) is 23.4 Å². The molecule has 5 N–H and O–H groups in total. The van der Waals surface area contributed by atoms with Gasteiger partial charge in [-0.3, -0.25) is 4.79 Å². The average Bonchev–Trinajstić information content (AvgIpc) is 2.89. The Bertz CT molecular complexity index is 1090. The highest BCUT2D eigenvalue weighted by molar-refractivity contribution is 5.70. The maximum absolute atomic E-state index is 12.7. The molecule has 0 spiro atoms. The van der Waals surface area contributed by atoms with Gasteiger partial charge in [0, 0.05) is 36.1 Å². The Morgan fingerprint density at radius 3 is 2.13 bits per heavy atom. The molecule has 0 aliphatic carbocycles. The zero-order valence-electron chi connectivity index (χ0n) is 22.8. The molecule has 0 saturated carbocycles. The summed E-state index contributed by atoms with van der Waals surface area (Å²) < 4.78 is 11.7. The van der Waals surface area contributed by atoms with Crippen LogP contribution in [0.5, 0.6) is 34.5 Å². The fraction of sp³-hybridized carbons (Fsp3) is 0.516. The number of phenolic OH excluding ortho intramolecular Hbond substituents is 5. The molecule has 8 heteroatoms. The van der Waals surface area contributed by atoms with Crippen LogP contribution in [0.25, 0.3) is 0 Å². The summed E-state index contributed by atoms with van der Waals surface area (Å²) in [4.78, 5) is 12.7. The van der Waals surface area contributed by atoms with Crippen LogP contribution in [-0.2, 0) is 16.0 Å². The van der Waals surface area contributed by atoms with E-state index in [-0.39, 0.29) is 35.7 Å². The van der Waals surface area contributed by atoms with Crippen LogP contribution in [0, 0.1) is 0 Å². The van der Waals surface area contributed by atoms with Crippen LogP contribution >= 0.6 is 0 Å². The van der Waals surface area contributed by atoms with Crippen molar-refractivity contribution in [2.75, 3.05) is 0 Å². The number of ether oxygens (including phenoxy) is 2. The number of fused-ring (bicyclic) bond motifs is 1. The van der Waals surface area contributed by atoms with Crippen molar-refractivity contribution in [1.29, 1.82) is 0 Å². The lowest BCUT2D eigenvalue weighted by molar-refractivity contribution is -0.155. The van der Waals surface area contributed by atoms with Crippen LogP contribution in [-0.4, -0.2) is 37.6 Å². The monoisotopic (exact) mass is 542 g/mol. The highest BCUT2D eigenvalue weighted by Crippen LogP contribution is 2.45. The first-order valence-corrected chi connectivity index (χ1v) is 14.1. The van der Waals surface area contributed by atoms with Gasteiger partial charge >= 0.3 is 5.97 Å². The molecule has 0 amide bonds. The van der Waals surface area contributed by atoms with Crippen molar-refractivity contribution in [2.45, 2.75) is 103 Å². The van der Waals surface area contributed by atoms with E-state index in [4.69, 9.17) is 9.47 Å². The Hall–Kier alpha value is -3.55. The van der Waals surface area contributed by atoms with E-state index in [0.29, 0.717) is 12.0 Å². The molecule has 0 aromatic heterocycles. The lowest BCUT2D eigenvalue weighted by atomic mass is 9.93. The molecule has 39 heavy (non-hydrogen) atoms. The van der Waals surface area contributed by atoms with Crippen molar-refractivity contribution >= 4 is 5.97 Å². The molecular weight excluding hydrogens is 500 g/mol. The Kier molecular flexibility index (Phi) is 11.6. The van der Waals surface area contributed by atoms with Crippen LogP contribution in [0.15, 0.2) is 36.4 Å². The molecular formula is C31H42O8. The van der Waals surface area contributed by atoms with Gasteiger partial charge in [0.25, 0.3) is 0 Å². The number of benzene rings is 2. The second-order valence-corrected chi connectivity index (χ2v) is 10.2. The van der Waals surface area contributed by atoms with Gasteiger partial charge in [-0.25, -0.2) is 0 Å². The lowest BCUT2D eigenvalue weighted by Crippen LogP contribution is -2.34. The maximum atomic E-state index is 12.7. The van der Waals surface area contributed by atoms with E-state index in [0.717, 1.165) is 38.5 Å². The highest BCUT2D eigenvalue weighted by atomic mass is 16.6. The van der Waals surface area contributed by atoms with Crippen molar-refractivity contribution < 1.29 is 39.8 Å². The Balaban J connectivity index is 1.49. The zero-order chi connectivity index (χ0) is 28.2. The van der Waals surface area contributed by atoms with Gasteiger partial charge in [-0.05, 0) is 44.2 Å². The van der Waals surface area contributed by atoms with Crippen LogP contribution < -0.4 is 4.74 Å². The third-order valence-electron chi connectivity index (χ3n) is 7.01. The summed E-state index contributed by atoms with van der Waals surface area (Å²) in [6, 6.07) is 4.96. The number of rotatable bonds is 15. The first kappa shape index (κ1) is 30.0. The quantitative estimate of drug-likeness (QED) is 0.0698. The largest absolute Gasteiger partial charge is 0.508 e. The van der Waals surface area contributed by atoms with Crippen molar-refractivity contribution in [1.82, 2.24) is 0 Å². The van der Waals surface area contributed by atoms with Crippen molar-refractivity contribution in [3.05, 3.63) is 47.5 Å². The van der Waals surface area contributed by atoms with E-state index in [1.807, 2.05) is 0 Å². The molecule has 1 aliphatic rings. The Morgan fingerprint density at radius 1 is 0.846 bits per heavy atom. The summed E-state index contributed by atoms with van der Waals surface area (Å²) in [6.07, 6.45) is 15.4. The minimum atomic E-state index is -0.945. The molecule has 2 aromatic carbocycles. The van der Waals surface area contributed by atoms with E-state index < -0.39 is 35.4 Å². The summed E-state index contributed by atoms with van der Waals surface area (Å²) in [5, 5.41) is 49.9. The number of hydrogen-bond donors (Lipinski definition) is 5. The predicted molar refractivity (Wildman–Crippen MR) is 148 cm³/mol. The van der Waals surface area contributed by atoms with Gasteiger partial charge in [0.15, 0.2) is 23.4 Å². The van der Waals surface area contributed by atoms with Crippen molar-refractivity contribution in [3.8, 4) is 34.5 Å². The SMILES string of the molecule is CCCCCC/C=C\CCCCCCCC(=O)O[C@@H]1Cc2c(O)cc(O)cc2O[C@@H]1c1cc(O)c(O)c(O)c1. The number of esters is 1. The summed E-state index contributed by atoms with van der Waals surface area (Å²) >= 11 is 0. The summed E-state index contributed by atoms with van der Waals surface area (Å²) in [7, 11) is 0. The molecule has 0 fully saturated rings. The number of aromatic hydroxyl groups is 5. The molecule has 0 unspecified atom stereocenters. The number of allylic oxidation sites excluding steroid dienone is 2. The van der Waals surface area contributed by atoms with E-state index >= 15 is 0 Å². The molecule has 0 saturated heterocycles. The third kappa shape index (κ3) is 9.01. The molecule has 2 aromatic rings. The highest BCUT2D eigenvalue weighted by Gasteiger charge is 2.37. The predicted octanol–water partition coefficient (Wildman–Crippen LogP) is 7.06. The first-order chi connectivity index (χ1) is 18.8. The number of hydrogen-bond acceptors (Lipinski definition) is 8. The Morgan fingerprint density at radius 2 is 1.46 bits per heavy atom. The number of unbranched alkanes of at least 4 members (excludes halogenated alkanes) is 9. The van der Waals surface area contributed by atoms with Gasteiger partial charge in [-0.15, -0.1) is 0 Å². The second-order valence-electron chi connectivity index (χ2n) is 10.2. The molecule has 2 atom stereocenters. The van der Waals surface area contributed by atoms with Crippen molar-refractivity contribution in [3.63, 3.8) is 0 Å². The Labute approximate surface area is 230 Å². The lowest BCUT2D eigenvalue weighted by Gasteiger charge is -2.34. The summed E-state index contributed by atoms with van der Waals surface area (Å²) in [5.41, 5.74) is 0.646. The molecule has 0 radical (unpaired) electrons. The van der Waals surface area contributed by atoms with Crippen LogP contribution in [0.4, 0.5) is 0 Å². The number of carbonyl (C=O) groups is 1. The summed E-state index contributed by atoms with van der Waals surface area (Å²) in [6.45, 7) is 2.22. The van der Waals surface area contributed by atoms with E-state index in [1.165, 1.54) is 49.9 Å². The topological polar surface area (TPSA) is 137 Å². The smallest absolute Gasteiger partial charge is 0.306 e. The molecule has 3 rings (SSSR count). The van der Waals surface area contributed by atoms with Gasteiger partial charge in [-0.1, -0.05) is 57.6 Å². The minimum absolute atomic E-state index is 0.104. The first-order valence-electron chi connectivity index (χ1n) is 14.1. The normalized spacial score (nSPS) is 16.6. The third-order valence-corrected chi connectivity index (χ3v) is 7.01. The number of phenols is 5. The van der Waals surface area contributed by atoms with Gasteiger partial charge in [-0.2, -0.15) is 0 Å². The second kappa shape index (κ2) is 15.1. The molecule has 1 heterocycles. The van der Waals surface area contributed by atoms with Crippen molar-refractivity contribution in [2.24, 2.45) is 0 Å². The van der Waals surface area contributed by atoms with Gasteiger partial charge in [0.05, 0.1) is 0 Å². The van der Waals surface area contributed by atoms with Crippen LogP contribution in [0.1, 0.15) is 101 Å². The zero-order valence-corrected chi connectivity index (χ0v) is 22.8. The van der Waals surface area contributed by atoms with E-state index in [9.17, 15) is 30.3 Å². The van der Waals surface area contributed by atoms with Crippen LogP contribution in [0.3, 0.4) is 0 Å². The molecule has 1 aliphatic heterocycles.